The lowest BCUT2D eigenvalue weighted by molar-refractivity contribution is -0.115. The molecule has 1 N–H and O–H groups in total. The Balaban J connectivity index is 1.82. The van der Waals surface area contributed by atoms with Crippen LogP contribution in [0.15, 0.2) is 42.5 Å². The minimum absolute atomic E-state index is 0.126. The fourth-order valence-electron chi connectivity index (χ4n) is 5.15. The molecule has 1 saturated heterocycles. The van der Waals surface area contributed by atoms with Crippen molar-refractivity contribution in [2.24, 2.45) is 5.92 Å². The predicted octanol–water partition coefficient (Wildman–Crippen LogP) is 4.35. The summed E-state index contributed by atoms with van der Waals surface area (Å²) in [5.74, 6) is 0.500. The number of aliphatic hydroxyl groups is 1. The largest absolute Gasteiger partial charge is 0.497 e. The molecule has 160 valence electrons. The Morgan fingerprint density at radius 1 is 1.13 bits per heavy atom. The summed E-state index contributed by atoms with van der Waals surface area (Å²) >= 11 is 0. The third-order valence-corrected chi connectivity index (χ3v) is 6.66. The van der Waals surface area contributed by atoms with Gasteiger partial charge in [0.05, 0.1) is 25.9 Å². The molecule has 1 heterocycles. The van der Waals surface area contributed by atoms with Crippen molar-refractivity contribution in [3.63, 3.8) is 0 Å². The lowest BCUT2D eigenvalue weighted by Gasteiger charge is -2.52. The van der Waals surface area contributed by atoms with Crippen molar-refractivity contribution < 1.29 is 23.8 Å². The predicted molar refractivity (Wildman–Crippen MR) is 111 cm³/mol. The van der Waals surface area contributed by atoms with E-state index in [4.69, 9.17) is 9.47 Å². The SMILES string of the molecule is COc1ccc(OC)c([C@@H]2[C@@H]3CCCC[C@]3(O)CCN2C(=O)c2cccc(F)c2)c1. The van der Waals surface area contributed by atoms with Gasteiger partial charge in [0.2, 0.25) is 0 Å². The average molecular weight is 413 g/mol. The van der Waals surface area contributed by atoms with Gasteiger partial charge in [-0.25, -0.2) is 4.39 Å². The van der Waals surface area contributed by atoms with Crippen molar-refractivity contribution in [2.45, 2.75) is 43.7 Å². The lowest BCUT2D eigenvalue weighted by atomic mass is 9.66. The second-order valence-electron chi connectivity index (χ2n) is 8.27. The summed E-state index contributed by atoms with van der Waals surface area (Å²) < 4.78 is 24.9. The first-order chi connectivity index (χ1) is 14.5. The van der Waals surface area contributed by atoms with Crippen LogP contribution in [0.2, 0.25) is 0 Å². The van der Waals surface area contributed by atoms with Crippen LogP contribution in [0.3, 0.4) is 0 Å². The zero-order chi connectivity index (χ0) is 21.3. The van der Waals surface area contributed by atoms with Gasteiger partial charge in [-0.05, 0) is 55.7 Å². The van der Waals surface area contributed by atoms with Crippen LogP contribution in [0, 0.1) is 11.7 Å². The Morgan fingerprint density at radius 3 is 2.70 bits per heavy atom. The molecule has 1 aliphatic carbocycles. The average Bonchev–Trinajstić information content (AvgIpc) is 2.77. The van der Waals surface area contributed by atoms with E-state index < -0.39 is 11.4 Å². The lowest BCUT2D eigenvalue weighted by Crippen LogP contribution is -2.56. The van der Waals surface area contributed by atoms with Crippen LogP contribution >= 0.6 is 0 Å². The highest BCUT2D eigenvalue weighted by Crippen LogP contribution is 2.51. The molecule has 2 aliphatic rings. The van der Waals surface area contributed by atoms with Crippen LogP contribution in [-0.2, 0) is 0 Å². The van der Waals surface area contributed by atoms with E-state index in [1.807, 2.05) is 18.2 Å². The number of piperidine rings is 1. The Morgan fingerprint density at radius 2 is 1.97 bits per heavy atom. The van der Waals surface area contributed by atoms with Crippen LogP contribution in [0.5, 0.6) is 11.5 Å². The minimum atomic E-state index is -0.824. The Bertz CT molecular complexity index is 933. The summed E-state index contributed by atoms with van der Waals surface area (Å²) in [7, 11) is 3.19. The Labute approximate surface area is 176 Å². The molecule has 0 bridgehead atoms. The minimum Gasteiger partial charge on any atom is -0.497 e. The molecular weight excluding hydrogens is 385 g/mol. The van der Waals surface area contributed by atoms with E-state index in [-0.39, 0.29) is 17.9 Å². The quantitative estimate of drug-likeness (QED) is 0.810. The van der Waals surface area contributed by atoms with Crippen molar-refractivity contribution in [3.05, 3.63) is 59.4 Å². The first-order valence-corrected chi connectivity index (χ1v) is 10.5. The molecule has 30 heavy (non-hydrogen) atoms. The van der Waals surface area contributed by atoms with Crippen LogP contribution in [0.4, 0.5) is 4.39 Å². The first-order valence-electron chi connectivity index (χ1n) is 10.5. The molecule has 0 aromatic heterocycles. The number of fused-ring (bicyclic) bond motifs is 1. The molecule has 1 amide bonds. The van der Waals surface area contributed by atoms with Gasteiger partial charge in [0, 0.05) is 23.6 Å². The van der Waals surface area contributed by atoms with E-state index in [2.05, 4.69) is 0 Å². The van der Waals surface area contributed by atoms with E-state index in [9.17, 15) is 14.3 Å². The highest BCUT2D eigenvalue weighted by Gasteiger charge is 2.51. The fourth-order valence-corrected chi connectivity index (χ4v) is 5.15. The van der Waals surface area contributed by atoms with Crippen molar-refractivity contribution in [1.29, 1.82) is 0 Å². The molecule has 2 fully saturated rings. The van der Waals surface area contributed by atoms with Gasteiger partial charge in [-0.3, -0.25) is 4.79 Å². The number of nitrogens with zero attached hydrogens (tertiary/aromatic N) is 1. The topological polar surface area (TPSA) is 59.0 Å². The van der Waals surface area contributed by atoms with Crippen molar-refractivity contribution in [2.75, 3.05) is 20.8 Å². The number of halogens is 1. The van der Waals surface area contributed by atoms with E-state index in [1.54, 1.807) is 31.3 Å². The van der Waals surface area contributed by atoms with Gasteiger partial charge < -0.3 is 19.5 Å². The molecule has 0 spiro atoms. The molecule has 0 radical (unpaired) electrons. The highest BCUT2D eigenvalue weighted by molar-refractivity contribution is 5.94. The molecule has 2 aromatic rings. The maximum absolute atomic E-state index is 13.8. The zero-order valence-corrected chi connectivity index (χ0v) is 17.4. The van der Waals surface area contributed by atoms with Crippen LogP contribution in [0.25, 0.3) is 0 Å². The second kappa shape index (κ2) is 8.26. The number of likely N-dealkylation sites (tertiary alicyclic amines) is 1. The molecular formula is C24H28FNO4. The van der Waals surface area contributed by atoms with Gasteiger partial charge in [0.1, 0.15) is 17.3 Å². The Hall–Kier alpha value is -2.60. The number of methoxy groups -OCH3 is 2. The van der Waals surface area contributed by atoms with Crippen LogP contribution < -0.4 is 9.47 Å². The van der Waals surface area contributed by atoms with Gasteiger partial charge in [0.15, 0.2) is 0 Å². The number of hydrogen-bond donors (Lipinski definition) is 1. The van der Waals surface area contributed by atoms with Gasteiger partial charge in [-0.2, -0.15) is 0 Å². The third-order valence-electron chi connectivity index (χ3n) is 6.66. The van der Waals surface area contributed by atoms with E-state index >= 15 is 0 Å². The van der Waals surface area contributed by atoms with Crippen molar-refractivity contribution >= 4 is 5.91 Å². The van der Waals surface area contributed by atoms with Crippen LogP contribution in [-0.4, -0.2) is 42.3 Å². The van der Waals surface area contributed by atoms with E-state index in [0.29, 0.717) is 30.0 Å². The molecule has 4 rings (SSSR count). The third kappa shape index (κ3) is 3.65. The summed E-state index contributed by atoms with van der Waals surface area (Å²) in [6.07, 6.45) is 4.03. The van der Waals surface area contributed by atoms with Gasteiger partial charge in [-0.1, -0.05) is 18.9 Å². The summed E-state index contributed by atoms with van der Waals surface area (Å²) in [5.41, 5.74) is 0.296. The maximum Gasteiger partial charge on any atom is 0.254 e. The maximum atomic E-state index is 13.8. The van der Waals surface area contributed by atoms with E-state index in [1.165, 1.54) is 12.1 Å². The number of rotatable bonds is 4. The highest BCUT2D eigenvalue weighted by atomic mass is 19.1. The molecule has 5 nitrogen and oxygen atoms in total. The number of amides is 1. The number of benzene rings is 2. The van der Waals surface area contributed by atoms with Gasteiger partial charge >= 0.3 is 0 Å². The number of carbonyl (C=O) groups is 1. The summed E-state index contributed by atoms with van der Waals surface area (Å²) in [5, 5.41) is 11.5. The summed E-state index contributed by atoms with van der Waals surface area (Å²) in [6.45, 7) is 0.396. The molecule has 1 aliphatic heterocycles. The van der Waals surface area contributed by atoms with Gasteiger partial charge in [-0.15, -0.1) is 0 Å². The fraction of sp³-hybridized carbons (Fsp3) is 0.458. The number of carbonyl (C=O) groups excluding carboxylic acids is 1. The monoisotopic (exact) mass is 413 g/mol. The van der Waals surface area contributed by atoms with Gasteiger partial charge in [0.25, 0.3) is 5.91 Å². The molecule has 3 atom stereocenters. The number of hydrogen-bond acceptors (Lipinski definition) is 4. The number of ether oxygens (including phenoxy) is 2. The standard InChI is InChI=1S/C24H28FNO4/c1-29-18-9-10-21(30-2)19(15-18)22-20-8-3-4-11-24(20,28)12-13-26(22)23(27)16-6-5-7-17(25)14-16/h5-7,9-10,14-15,20,22,28H,3-4,8,11-13H2,1-2H3/t20-,22+,24-/m0/s1. The first kappa shape index (κ1) is 20.7. The smallest absolute Gasteiger partial charge is 0.254 e. The molecule has 0 unspecified atom stereocenters. The van der Waals surface area contributed by atoms with Crippen LogP contribution in [0.1, 0.15) is 54.1 Å². The zero-order valence-electron chi connectivity index (χ0n) is 17.4. The second-order valence-corrected chi connectivity index (χ2v) is 8.27. The van der Waals surface area contributed by atoms with Crippen molar-refractivity contribution in [3.8, 4) is 11.5 Å². The summed E-state index contributed by atoms with van der Waals surface area (Å²) in [4.78, 5) is 15.2. The molecule has 6 heteroatoms. The summed E-state index contributed by atoms with van der Waals surface area (Å²) in [6, 6.07) is 10.9. The Kier molecular flexibility index (Phi) is 5.69. The van der Waals surface area contributed by atoms with Crippen molar-refractivity contribution in [1.82, 2.24) is 4.90 Å². The van der Waals surface area contributed by atoms with E-state index in [0.717, 1.165) is 31.2 Å². The molecule has 1 saturated carbocycles. The normalized spacial score (nSPS) is 26.1. The molecule has 2 aromatic carbocycles.